The lowest BCUT2D eigenvalue weighted by atomic mass is 9.70. The molecule has 4 rings (SSSR count). The van der Waals surface area contributed by atoms with Crippen LogP contribution in [0, 0.1) is 12.8 Å². The number of benzene rings is 2. The van der Waals surface area contributed by atoms with Gasteiger partial charge >= 0.3 is 0 Å². The fraction of sp³-hybridized carbons (Fsp3) is 0.625. The van der Waals surface area contributed by atoms with Crippen molar-refractivity contribution in [3.05, 3.63) is 53.1 Å². The number of ether oxygens (including phenoxy) is 1. The summed E-state index contributed by atoms with van der Waals surface area (Å²) in [5.74, 6) is 7.62. The summed E-state index contributed by atoms with van der Waals surface area (Å²) >= 11 is 0. The SMILES string of the molecule is CCCCCCC(C)(C)c1cc(O)c2c(c1)OC(C)(C)[C@@H]1CCC(N(N)S(=O)(=O)c3ccc(C)cc3)CC[C@@H]21. The van der Waals surface area contributed by atoms with Crippen molar-refractivity contribution in [3.63, 3.8) is 0 Å². The predicted molar refractivity (Wildman–Crippen MR) is 157 cm³/mol. The summed E-state index contributed by atoms with van der Waals surface area (Å²) in [6, 6.07) is 10.6. The van der Waals surface area contributed by atoms with Crippen LogP contribution in [-0.2, 0) is 15.4 Å². The van der Waals surface area contributed by atoms with E-state index in [4.69, 9.17) is 10.6 Å². The minimum atomic E-state index is -3.80. The second-order valence-corrected chi connectivity index (χ2v) is 14.8. The summed E-state index contributed by atoms with van der Waals surface area (Å²) in [5.41, 5.74) is 2.46. The van der Waals surface area contributed by atoms with Crippen LogP contribution in [0.1, 0.15) is 115 Å². The monoisotopic (exact) mass is 556 g/mol. The standard InChI is InChI=1S/C32H48N2O4S/c1-7-8-9-10-19-31(3,4)23-20-28(35)30-26-17-13-24(14-18-27(26)32(5,6)38-29(30)21-23)34(33)39(36,37)25-15-11-22(2)12-16-25/h11-12,15-16,20-21,24,26-27,35H,7-10,13-14,17-19,33H2,1-6H3/t24?,26-,27-/m1/s1. The zero-order valence-electron chi connectivity index (χ0n) is 24.7. The van der Waals surface area contributed by atoms with Crippen LogP contribution in [0.4, 0.5) is 0 Å². The Labute approximate surface area is 236 Å². The van der Waals surface area contributed by atoms with Gasteiger partial charge in [-0.2, -0.15) is 0 Å². The van der Waals surface area contributed by atoms with Crippen LogP contribution in [0.25, 0.3) is 0 Å². The van der Waals surface area contributed by atoms with E-state index in [1.54, 1.807) is 24.3 Å². The van der Waals surface area contributed by atoms with E-state index in [0.717, 1.165) is 52.5 Å². The first-order valence-electron chi connectivity index (χ1n) is 14.7. The number of hydrazine groups is 1. The van der Waals surface area contributed by atoms with Gasteiger partial charge in [0.1, 0.15) is 17.1 Å². The molecular weight excluding hydrogens is 508 g/mol. The molecule has 0 bridgehead atoms. The zero-order chi connectivity index (χ0) is 28.6. The second kappa shape index (κ2) is 11.4. The summed E-state index contributed by atoms with van der Waals surface area (Å²) in [4.78, 5) is 0.216. The van der Waals surface area contributed by atoms with Crippen molar-refractivity contribution < 1.29 is 18.3 Å². The molecule has 1 heterocycles. The third kappa shape index (κ3) is 6.15. The molecule has 39 heavy (non-hydrogen) atoms. The molecule has 0 amide bonds. The molecule has 3 atom stereocenters. The Bertz CT molecular complexity index is 1250. The maximum absolute atomic E-state index is 13.3. The van der Waals surface area contributed by atoms with Gasteiger partial charge < -0.3 is 9.84 Å². The van der Waals surface area contributed by atoms with Crippen molar-refractivity contribution in [1.82, 2.24) is 4.41 Å². The molecule has 1 fully saturated rings. The van der Waals surface area contributed by atoms with Crippen LogP contribution < -0.4 is 10.6 Å². The summed E-state index contributed by atoms with van der Waals surface area (Å²) in [7, 11) is -3.80. The molecule has 0 aromatic heterocycles. The second-order valence-electron chi connectivity index (χ2n) is 13.0. The Morgan fingerprint density at radius 3 is 2.38 bits per heavy atom. The van der Waals surface area contributed by atoms with Crippen molar-refractivity contribution in [2.45, 2.75) is 127 Å². The Kier molecular flexibility index (Phi) is 8.75. The number of aryl methyl sites for hydroxylation is 1. The molecular formula is C32H48N2O4S. The average molecular weight is 557 g/mol. The van der Waals surface area contributed by atoms with Crippen LogP contribution in [0.2, 0.25) is 0 Å². The van der Waals surface area contributed by atoms with Crippen LogP contribution >= 0.6 is 0 Å². The molecule has 0 radical (unpaired) electrons. The number of hydrogen-bond donors (Lipinski definition) is 2. The molecule has 2 aromatic rings. The number of rotatable bonds is 9. The van der Waals surface area contributed by atoms with Gasteiger partial charge in [0, 0.05) is 17.5 Å². The third-order valence-corrected chi connectivity index (χ3v) is 11.0. The highest BCUT2D eigenvalue weighted by Gasteiger charge is 2.47. The van der Waals surface area contributed by atoms with E-state index in [1.165, 1.54) is 19.3 Å². The molecule has 0 spiro atoms. The molecule has 2 aliphatic rings. The molecule has 0 saturated heterocycles. The van der Waals surface area contributed by atoms with Crippen molar-refractivity contribution in [2.75, 3.05) is 0 Å². The highest BCUT2D eigenvalue weighted by molar-refractivity contribution is 7.89. The first-order chi connectivity index (χ1) is 18.3. The molecule has 1 unspecified atom stereocenters. The van der Waals surface area contributed by atoms with Gasteiger partial charge in [0.2, 0.25) is 0 Å². The molecule has 2 aromatic carbocycles. The van der Waals surface area contributed by atoms with E-state index in [0.29, 0.717) is 18.6 Å². The lowest BCUT2D eigenvalue weighted by Crippen LogP contribution is -2.45. The molecule has 216 valence electrons. The highest BCUT2D eigenvalue weighted by Crippen LogP contribution is 2.54. The molecule has 1 aliphatic heterocycles. The summed E-state index contributed by atoms with van der Waals surface area (Å²) < 4.78 is 34.4. The number of sulfonamides is 1. The van der Waals surface area contributed by atoms with Crippen molar-refractivity contribution in [3.8, 4) is 11.5 Å². The maximum atomic E-state index is 13.3. The molecule has 3 N–H and O–H groups in total. The predicted octanol–water partition coefficient (Wildman–Crippen LogP) is 7.33. The Morgan fingerprint density at radius 2 is 1.72 bits per heavy atom. The van der Waals surface area contributed by atoms with Crippen LogP contribution in [-0.4, -0.2) is 29.6 Å². The first kappa shape index (κ1) is 29.9. The number of hydrogen-bond acceptors (Lipinski definition) is 5. The van der Waals surface area contributed by atoms with E-state index in [1.807, 2.05) is 13.0 Å². The Balaban J connectivity index is 1.59. The van der Waals surface area contributed by atoms with Gasteiger partial charge in [-0.25, -0.2) is 8.42 Å². The van der Waals surface area contributed by atoms with Crippen molar-refractivity contribution >= 4 is 10.0 Å². The molecule has 1 aliphatic carbocycles. The summed E-state index contributed by atoms with van der Waals surface area (Å²) in [6.07, 6.45) is 8.69. The normalized spacial score (nSPS) is 23.0. The average Bonchev–Trinajstić information content (AvgIpc) is 3.10. The van der Waals surface area contributed by atoms with E-state index in [2.05, 4.69) is 40.7 Å². The zero-order valence-corrected chi connectivity index (χ0v) is 25.5. The smallest absolute Gasteiger partial charge is 0.255 e. The van der Waals surface area contributed by atoms with Crippen molar-refractivity contribution in [1.29, 1.82) is 0 Å². The topological polar surface area (TPSA) is 92.9 Å². The number of unbranched alkanes of at least 4 members (excludes halogenated alkanes) is 3. The van der Waals surface area contributed by atoms with Crippen LogP contribution in [0.5, 0.6) is 11.5 Å². The third-order valence-electron chi connectivity index (χ3n) is 9.26. The number of phenolic OH excluding ortho intramolecular Hbond substituents is 1. The van der Waals surface area contributed by atoms with Gasteiger partial charge in [0.05, 0.1) is 4.90 Å². The quantitative estimate of drug-likeness (QED) is 0.192. The Hall–Kier alpha value is -2.09. The lowest BCUT2D eigenvalue weighted by Gasteiger charge is -2.45. The highest BCUT2D eigenvalue weighted by atomic mass is 32.2. The number of fused-ring (bicyclic) bond motifs is 3. The van der Waals surface area contributed by atoms with Crippen LogP contribution in [0.3, 0.4) is 0 Å². The summed E-state index contributed by atoms with van der Waals surface area (Å²) in [6.45, 7) is 12.9. The van der Waals surface area contributed by atoms with E-state index in [-0.39, 0.29) is 28.2 Å². The number of nitrogens with zero attached hydrogens (tertiary/aromatic N) is 1. The largest absolute Gasteiger partial charge is 0.508 e. The molecule has 7 heteroatoms. The molecule has 1 saturated carbocycles. The van der Waals surface area contributed by atoms with E-state index in [9.17, 15) is 13.5 Å². The minimum absolute atomic E-state index is 0.0659. The van der Waals surface area contributed by atoms with Gasteiger partial charge in [0.15, 0.2) is 0 Å². The van der Waals surface area contributed by atoms with Gasteiger partial charge in [-0.1, -0.05) is 64.2 Å². The maximum Gasteiger partial charge on any atom is 0.255 e. The van der Waals surface area contributed by atoms with Crippen molar-refractivity contribution in [2.24, 2.45) is 11.8 Å². The number of aromatic hydroxyl groups is 1. The molecule has 6 nitrogen and oxygen atoms in total. The first-order valence-corrected chi connectivity index (χ1v) is 16.1. The minimum Gasteiger partial charge on any atom is -0.508 e. The fourth-order valence-electron chi connectivity index (χ4n) is 6.71. The summed E-state index contributed by atoms with van der Waals surface area (Å²) in [5, 5.41) is 11.4. The number of nitrogens with two attached hydrogens (primary N) is 1. The van der Waals surface area contributed by atoms with E-state index < -0.39 is 15.6 Å². The van der Waals surface area contributed by atoms with Gasteiger partial charge in [-0.15, -0.1) is 4.41 Å². The Morgan fingerprint density at radius 1 is 1.05 bits per heavy atom. The number of phenols is 1. The van der Waals surface area contributed by atoms with Gasteiger partial charge in [-0.3, -0.25) is 5.84 Å². The van der Waals surface area contributed by atoms with Gasteiger partial charge in [-0.05, 0) is 94.0 Å². The lowest BCUT2D eigenvalue weighted by molar-refractivity contribution is 0.00533. The van der Waals surface area contributed by atoms with Crippen LogP contribution in [0.15, 0.2) is 41.3 Å². The van der Waals surface area contributed by atoms with E-state index >= 15 is 0 Å². The fourth-order valence-corrected chi connectivity index (χ4v) is 8.03. The van der Waals surface area contributed by atoms with Gasteiger partial charge in [0.25, 0.3) is 10.0 Å².